The first kappa shape index (κ1) is 17.8. The van der Waals surface area contributed by atoms with Gasteiger partial charge in [-0.05, 0) is 19.2 Å². The minimum Gasteiger partial charge on any atom is -0.493 e. The standard InChI is InChI=1S/C15H22N2O5/c1-9(8-16-2)14(18)17-11-6-10(15(19)22-5)7-12(20-3)13(11)21-4/h6-7,9,16H,8H2,1-5H3,(H,17,18). The summed E-state index contributed by atoms with van der Waals surface area (Å²) >= 11 is 0. The van der Waals surface area contributed by atoms with E-state index in [1.165, 1.54) is 33.5 Å². The first-order valence-corrected chi connectivity index (χ1v) is 6.78. The lowest BCUT2D eigenvalue weighted by molar-refractivity contribution is -0.119. The molecule has 122 valence electrons. The number of anilines is 1. The molecule has 22 heavy (non-hydrogen) atoms. The molecule has 7 heteroatoms. The molecule has 1 atom stereocenters. The van der Waals surface area contributed by atoms with Gasteiger partial charge in [-0.3, -0.25) is 4.79 Å². The molecule has 0 saturated carbocycles. The molecule has 0 fully saturated rings. The van der Waals surface area contributed by atoms with Gasteiger partial charge in [-0.1, -0.05) is 6.92 Å². The van der Waals surface area contributed by atoms with Crippen LogP contribution in [-0.4, -0.2) is 46.8 Å². The number of rotatable bonds is 7. The van der Waals surface area contributed by atoms with Crippen molar-refractivity contribution in [3.8, 4) is 11.5 Å². The van der Waals surface area contributed by atoms with Gasteiger partial charge in [0.1, 0.15) is 0 Å². The maximum absolute atomic E-state index is 12.2. The Bertz CT molecular complexity index is 545. The first-order valence-electron chi connectivity index (χ1n) is 6.78. The Morgan fingerprint density at radius 2 is 1.86 bits per heavy atom. The van der Waals surface area contributed by atoms with Crippen LogP contribution in [0.4, 0.5) is 5.69 Å². The molecule has 0 aliphatic carbocycles. The monoisotopic (exact) mass is 310 g/mol. The van der Waals surface area contributed by atoms with Crippen LogP contribution in [0.1, 0.15) is 17.3 Å². The summed E-state index contributed by atoms with van der Waals surface area (Å²) in [5.74, 6) is -0.291. The van der Waals surface area contributed by atoms with Gasteiger partial charge >= 0.3 is 5.97 Å². The molecule has 0 aromatic heterocycles. The smallest absolute Gasteiger partial charge is 0.338 e. The third-order valence-corrected chi connectivity index (χ3v) is 3.12. The second kappa shape index (κ2) is 8.23. The van der Waals surface area contributed by atoms with E-state index in [1.807, 2.05) is 0 Å². The van der Waals surface area contributed by atoms with E-state index in [0.29, 0.717) is 23.7 Å². The van der Waals surface area contributed by atoms with Crippen molar-refractivity contribution < 1.29 is 23.8 Å². The summed E-state index contributed by atoms with van der Waals surface area (Å²) < 4.78 is 15.2. The minimum absolute atomic E-state index is 0.197. The lowest BCUT2D eigenvalue weighted by atomic mass is 10.1. The highest BCUT2D eigenvalue weighted by atomic mass is 16.5. The fourth-order valence-corrected chi connectivity index (χ4v) is 1.95. The van der Waals surface area contributed by atoms with Crippen LogP contribution in [-0.2, 0) is 9.53 Å². The van der Waals surface area contributed by atoms with Crippen LogP contribution >= 0.6 is 0 Å². The molecule has 2 N–H and O–H groups in total. The van der Waals surface area contributed by atoms with Crippen molar-refractivity contribution in [1.82, 2.24) is 5.32 Å². The molecule has 1 unspecified atom stereocenters. The fraction of sp³-hybridized carbons (Fsp3) is 0.467. The highest BCUT2D eigenvalue weighted by Crippen LogP contribution is 2.37. The summed E-state index contributed by atoms with van der Waals surface area (Å²) in [7, 11) is 5.97. The van der Waals surface area contributed by atoms with E-state index in [9.17, 15) is 9.59 Å². The maximum Gasteiger partial charge on any atom is 0.338 e. The highest BCUT2D eigenvalue weighted by molar-refractivity contribution is 5.98. The highest BCUT2D eigenvalue weighted by Gasteiger charge is 2.20. The summed E-state index contributed by atoms with van der Waals surface area (Å²) in [6.07, 6.45) is 0. The number of benzene rings is 1. The Hall–Kier alpha value is -2.28. The van der Waals surface area contributed by atoms with E-state index in [4.69, 9.17) is 14.2 Å². The van der Waals surface area contributed by atoms with Crippen molar-refractivity contribution in [2.24, 2.45) is 5.92 Å². The third kappa shape index (κ3) is 4.11. The summed E-state index contributed by atoms with van der Waals surface area (Å²) in [6.45, 7) is 2.32. The van der Waals surface area contributed by atoms with Gasteiger partial charge < -0.3 is 24.8 Å². The van der Waals surface area contributed by atoms with Gasteiger partial charge in [0.05, 0.1) is 32.6 Å². The molecule has 0 aliphatic rings. The fourth-order valence-electron chi connectivity index (χ4n) is 1.95. The van der Waals surface area contributed by atoms with Crippen LogP contribution in [0, 0.1) is 5.92 Å². The minimum atomic E-state index is -0.528. The zero-order valence-electron chi connectivity index (χ0n) is 13.5. The quantitative estimate of drug-likeness (QED) is 0.738. The van der Waals surface area contributed by atoms with Crippen LogP contribution in [0.25, 0.3) is 0 Å². The number of carbonyl (C=O) groups excluding carboxylic acids is 2. The van der Waals surface area contributed by atoms with Gasteiger partial charge in [-0.2, -0.15) is 0 Å². The molecular weight excluding hydrogens is 288 g/mol. The number of ether oxygens (including phenoxy) is 3. The first-order chi connectivity index (χ1) is 10.5. The average Bonchev–Trinajstić information content (AvgIpc) is 2.53. The van der Waals surface area contributed by atoms with Gasteiger partial charge in [-0.15, -0.1) is 0 Å². The summed E-state index contributed by atoms with van der Waals surface area (Å²) in [5.41, 5.74) is 0.618. The Morgan fingerprint density at radius 1 is 1.18 bits per heavy atom. The van der Waals surface area contributed by atoms with Gasteiger partial charge in [0, 0.05) is 12.5 Å². The van der Waals surface area contributed by atoms with Crippen LogP contribution in [0.2, 0.25) is 0 Å². The summed E-state index contributed by atoms with van der Waals surface area (Å²) in [6, 6.07) is 2.99. The molecule has 1 aromatic carbocycles. The Labute approximate surface area is 129 Å². The molecule has 1 rings (SSSR count). The molecule has 0 heterocycles. The Morgan fingerprint density at radius 3 is 2.36 bits per heavy atom. The zero-order chi connectivity index (χ0) is 16.7. The van der Waals surface area contributed by atoms with Crippen molar-refractivity contribution >= 4 is 17.6 Å². The second-order valence-electron chi connectivity index (χ2n) is 4.70. The van der Waals surface area contributed by atoms with E-state index in [1.54, 1.807) is 14.0 Å². The summed E-state index contributed by atoms with van der Waals surface area (Å²) in [4.78, 5) is 23.9. The zero-order valence-corrected chi connectivity index (χ0v) is 13.5. The van der Waals surface area contributed by atoms with Crippen LogP contribution in [0.15, 0.2) is 12.1 Å². The molecule has 7 nitrogen and oxygen atoms in total. The predicted molar refractivity (Wildman–Crippen MR) is 82.6 cm³/mol. The number of amides is 1. The number of esters is 1. The van der Waals surface area contributed by atoms with Gasteiger partial charge in [0.2, 0.25) is 5.91 Å². The number of methoxy groups -OCH3 is 3. The van der Waals surface area contributed by atoms with Crippen molar-refractivity contribution in [2.75, 3.05) is 40.2 Å². The SMILES string of the molecule is CNCC(C)C(=O)Nc1cc(C(=O)OC)cc(OC)c1OC. The van der Waals surface area contributed by atoms with Gasteiger partial charge in [0.15, 0.2) is 11.5 Å². The van der Waals surface area contributed by atoms with Crippen LogP contribution in [0.3, 0.4) is 0 Å². The van der Waals surface area contributed by atoms with Gasteiger partial charge in [-0.25, -0.2) is 4.79 Å². The molecule has 0 radical (unpaired) electrons. The average molecular weight is 310 g/mol. The molecule has 0 saturated heterocycles. The molecule has 1 aromatic rings. The lowest BCUT2D eigenvalue weighted by Crippen LogP contribution is -2.28. The van der Waals surface area contributed by atoms with Gasteiger partial charge in [0.25, 0.3) is 0 Å². The van der Waals surface area contributed by atoms with Crippen molar-refractivity contribution in [3.63, 3.8) is 0 Å². The molecular formula is C15H22N2O5. The topological polar surface area (TPSA) is 85.9 Å². The van der Waals surface area contributed by atoms with Crippen LogP contribution in [0.5, 0.6) is 11.5 Å². The molecule has 1 amide bonds. The van der Waals surface area contributed by atoms with Crippen LogP contribution < -0.4 is 20.1 Å². The third-order valence-electron chi connectivity index (χ3n) is 3.12. The number of carbonyl (C=O) groups is 2. The molecule has 0 aliphatic heterocycles. The Balaban J connectivity index is 3.20. The molecule has 0 spiro atoms. The van der Waals surface area contributed by atoms with E-state index in [-0.39, 0.29) is 17.4 Å². The number of hydrogen-bond acceptors (Lipinski definition) is 6. The number of hydrogen-bond donors (Lipinski definition) is 2. The summed E-state index contributed by atoms with van der Waals surface area (Å²) in [5, 5.41) is 5.68. The Kier molecular flexibility index (Phi) is 6.65. The number of nitrogens with one attached hydrogen (secondary N) is 2. The largest absolute Gasteiger partial charge is 0.493 e. The molecule has 0 bridgehead atoms. The maximum atomic E-state index is 12.2. The van der Waals surface area contributed by atoms with E-state index in [0.717, 1.165) is 0 Å². The normalized spacial score (nSPS) is 11.5. The van der Waals surface area contributed by atoms with Crippen molar-refractivity contribution in [2.45, 2.75) is 6.92 Å². The lowest BCUT2D eigenvalue weighted by Gasteiger charge is -2.17. The van der Waals surface area contributed by atoms with Crippen molar-refractivity contribution in [3.05, 3.63) is 17.7 Å². The van der Waals surface area contributed by atoms with E-state index in [2.05, 4.69) is 10.6 Å². The van der Waals surface area contributed by atoms with Crippen molar-refractivity contribution in [1.29, 1.82) is 0 Å². The predicted octanol–water partition coefficient (Wildman–Crippen LogP) is 1.28. The second-order valence-corrected chi connectivity index (χ2v) is 4.70. The van der Waals surface area contributed by atoms with E-state index >= 15 is 0 Å². The van der Waals surface area contributed by atoms with E-state index < -0.39 is 5.97 Å².